The van der Waals surface area contributed by atoms with Gasteiger partial charge < -0.3 is 9.13 Å². The van der Waals surface area contributed by atoms with E-state index < -0.39 is 0 Å². The zero-order valence-corrected chi connectivity index (χ0v) is 40.2. The van der Waals surface area contributed by atoms with Crippen molar-refractivity contribution in [2.45, 2.75) is 0 Å². The average Bonchev–Trinajstić information content (AvgIpc) is 4.03. The van der Waals surface area contributed by atoms with Crippen LogP contribution >= 0.6 is 0 Å². The number of rotatable bonds is 9. The summed E-state index contributed by atoms with van der Waals surface area (Å²) in [6, 6.07) is 97.2. The lowest BCUT2D eigenvalue weighted by molar-refractivity contribution is 1.07. The summed E-state index contributed by atoms with van der Waals surface area (Å²) in [6.07, 6.45) is 0. The van der Waals surface area contributed by atoms with Crippen LogP contribution in [0.15, 0.2) is 273 Å². The number of aromatic nitrogens is 5. The Morgan fingerprint density at radius 1 is 0.203 bits per heavy atom. The van der Waals surface area contributed by atoms with Crippen LogP contribution < -0.4 is 0 Å². The Balaban J connectivity index is 0.985. The van der Waals surface area contributed by atoms with Crippen molar-refractivity contribution < 1.29 is 0 Å². The van der Waals surface area contributed by atoms with Gasteiger partial charge in [0, 0.05) is 49.4 Å². The highest BCUT2D eigenvalue weighted by atomic mass is 15.0. The lowest BCUT2D eigenvalue weighted by Crippen LogP contribution is -2.03. The maximum atomic E-state index is 5.43. The fraction of sp³-hybridized carbons (Fsp3) is 0. The van der Waals surface area contributed by atoms with Gasteiger partial charge in [0.05, 0.1) is 33.4 Å². The minimum atomic E-state index is 0.586. The topological polar surface area (TPSA) is 48.5 Å². The number of benzene rings is 11. The van der Waals surface area contributed by atoms with Crippen molar-refractivity contribution >= 4 is 43.6 Å². The third-order valence-corrected chi connectivity index (χ3v) is 14.4. The van der Waals surface area contributed by atoms with Gasteiger partial charge in [-0.1, -0.05) is 218 Å². The first-order valence-electron chi connectivity index (χ1n) is 25.1. The fourth-order valence-corrected chi connectivity index (χ4v) is 10.9. The molecule has 0 unspecified atom stereocenters. The van der Waals surface area contributed by atoms with Crippen molar-refractivity contribution in [1.82, 2.24) is 24.1 Å². The summed E-state index contributed by atoms with van der Waals surface area (Å²) in [5, 5.41) is 4.80. The fourth-order valence-electron chi connectivity index (χ4n) is 10.9. The zero-order valence-electron chi connectivity index (χ0n) is 40.2. The van der Waals surface area contributed by atoms with Crippen molar-refractivity contribution in [2.75, 3.05) is 0 Å². The predicted molar refractivity (Wildman–Crippen MR) is 307 cm³/mol. The molecule has 0 aliphatic heterocycles. The monoisotopic (exact) mass is 943 g/mol. The lowest BCUT2D eigenvalue weighted by Gasteiger charge is -2.17. The minimum absolute atomic E-state index is 0.586. The Bertz CT molecular complexity index is 4330. The number of fused-ring (bicyclic) bond motifs is 6. The highest BCUT2D eigenvalue weighted by Gasteiger charge is 2.22. The molecule has 14 aromatic rings. The Labute approximate surface area is 428 Å². The van der Waals surface area contributed by atoms with Crippen LogP contribution in [-0.4, -0.2) is 24.1 Å². The molecule has 0 aliphatic carbocycles. The molecule has 11 aromatic carbocycles. The van der Waals surface area contributed by atoms with Crippen LogP contribution in [0.2, 0.25) is 0 Å². The number of hydrogen-bond donors (Lipinski definition) is 0. The summed E-state index contributed by atoms with van der Waals surface area (Å²) in [5.41, 5.74) is 18.4. The van der Waals surface area contributed by atoms with Gasteiger partial charge in [-0.15, -0.1) is 0 Å². The highest BCUT2D eigenvalue weighted by molar-refractivity contribution is 6.12. The van der Waals surface area contributed by atoms with E-state index in [4.69, 9.17) is 15.0 Å². The molecule has 0 atom stereocenters. The molecule has 346 valence electrons. The quantitative estimate of drug-likeness (QED) is 0.145. The molecule has 14 rings (SSSR count). The molecule has 0 aliphatic rings. The van der Waals surface area contributed by atoms with E-state index >= 15 is 0 Å². The van der Waals surface area contributed by atoms with Gasteiger partial charge in [0.1, 0.15) is 0 Å². The Hall–Kier alpha value is -9.97. The second-order valence-corrected chi connectivity index (χ2v) is 18.8. The molecule has 0 fully saturated rings. The Morgan fingerprint density at radius 3 is 1.15 bits per heavy atom. The Kier molecular flexibility index (Phi) is 10.4. The smallest absolute Gasteiger partial charge is 0.164 e. The first kappa shape index (κ1) is 42.9. The molecule has 5 heteroatoms. The molecule has 74 heavy (non-hydrogen) atoms. The number of hydrogen-bond acceptors (Lipinski definition) is 3. The molecule has 0 saturated carbocycles. The standard InChI is InChI=1S/C69H45N5/c1-5-19-46(20-6-1)48-33-35-50(36-34-48)59-44-53(39-42-64(59)73-63-32-18-15-29-58(63)60-43-52(38-41-65(60)73)47-21-7-2-8-22-47)68-70-67(51-25-11-4-12-26-51)71-69(72-68)54-37-40-55(49-23-9-3-10-24-49)66(45-54)74-61-30-16-13-27-56(61)57-28-14-17-31-62(57)74/h1-45H. The SMILES string of the molecule is c1ccc(-c2ccc(-c3cc(-c4nc(-c5ccccc5)nc(-c5ccc(-c6ccccc6)c(-n6c7ccccc7c7ccccc76)c5)n4)ccc3-n3c4ccccc4c4cc(-c5ccccc5)ccc43)cc2)cc1. The molecule has 0 saturated heterocycles. The summed E-state index contributed by atoms with van der Waals surface area (Å²) < 4.78 is 4.81. The molecule has 0 bridgehead atoms. The van der Waals surface area contributed by atoms with Gasteiger partial charge in [-0.2, -0.15) is 0 Å². The summed E-state index contributed by atoms with van der Waals surface area (Å²) in [7, 11) is 0. The maximum absolute atomic E-state index is 5.43. The molecule has 0 spiro atoms. The van der Waals surface area contributed by atoms with E-state index in [2.05, 4.69) is 264 Å². The summed E-state index contributed by atoms with van der Waals surface area (Å²) >= 11 is 0. The van der Waals surface area contributed by atoms with Crippen molar-refractivity contribution in [3.05, 3.63) is 273 Å². The minimum Gasteiger partial charge on any atom is -0.309 e. The van der Waals surface area contributed by atoms with E-state index in [1.54, 1.807) is 0 Å². The van der Waals surface area contributed by atoms with Crippen molar-refractivity contribution in [2.24, 2.45) is 0 Å². The molecule has 0 amide bonds. The van der Waals surface area contributed by atoms with E-state index in [0.717, 1.165) is 77.9 Å². The van der Waals surface area contributed by atoms with Gasteiger partial charge in [0.15, 0.2) is 17.5 Å². The summed E-state index contributed by atoms with van der Waals surface area (Å²) in [4.78, 5) is 16.0. The third kappa shape index (κ3) is 7.46. The number of para-hydroxylation sites is 3. The average molecular weight is 944 g/mol. The van der Waals surface area contributed by atoms with Gasteiger partial charge in [-0.05, 0) is 88.0 Å². The van der Waals surface area contributed by atoms with Crippen LogP contribution in [0.4, 0.5) is 0 Å². The van der Waals surface area contributed by atoms with Crippen LogP contribution in [0.1, 0.15) is 0 Å². The molecule has 5 nitrogen and oxygen atoms in total. The first-order chi connectivity index (χ1) is 36.7. The molecule has 0 radical (unpaired) electrons. The van der Waals surface area contributed by atoms with Crippen LogP contribution in [0.25, 0.3) is 134 Å². The maximum Gasteiger partial charge on any atom is 0.164 e. The van der Waals surface area contributed by atoms with Crippen molar-refractivity contribution in [3.63, 3.8) is 0 Å². The molecule has 0 N–H and O–H groups in total. The van der Waals surface area contributed by atoms with Crippen LogP contribution in [0.5, 0.6) is 0 Å². The number of nitrogens with zero attached hydrogens (tertiary/aromatic N) is 5. The van der Waals surface area contributed by atoms with Gasteiger partial charge >= 0.3 is 0 Å². The summed E-state index contributed by atoms with van der Waals surface area (Å²) in [5.74, 6) is 1.78. The predicted octanol–water partition coefficient (Wildman–Crippen LogP) is 17.7. The zero-order chi connectivity index (χ0) is 49.0. The first-order valence-corrected chi connectivity index (χ1v) is 25.1. The van der Waals surface area contributed by atoms with E-state index in [1.807, 2.05) is 18.2 Å². The van der Waals surface area contributed by atoms with Crippen molar-refractivity contribution in [1.29, 1.82) is 0 Å². The van der Waals surface area contributed by atoms with E-state index in [9.17, 15) is 0 Å². The van der Waals surface area contributed by atoms with Crippen LogP contribution in [0.3, 0.4) is 0 Å². The second-order valence-electron chi connectivity index (χ2n) is 18.8. The molecule has 3 aromatic heterocycles. The highest BCUT2D eigenvalue weighted by Crippen LogP contribution is 2.42. The van der Waals surface area contributed by atoms with Gasteiger partial charge in [-0.25, -0.2) is 15.0 Å². The van der Waals surface area contributed by atoms with E-state index in [-0.39, 0.29) is 0 Å². The largest absolute Gasteiger partial charge is 0.309 e. The van der Waals surface area contributed by atoms with E-state index in [1.165, 1.54) is 38.2 Å². The molecular formula is C69H45N5. The Morgan fingerprint density at radius 2 is 0.568 bits per heavy atom. The second kappa shape index (κ2) is 18.0. The molecule has 3 heterocycles. The lowest BCUT2D eigenvalue weighted by atomic mass is 9.97. The molecular weight excluding hydrogens is 899 g/mol. The van der Waals surface area contributed by atoms with Crippen molar-refractivity contribution in [3.8, 4) is 90.0 Å². The van der Waals surface area contributed by atoms with Gasteiger partial charge in [0.2, 0.25) is 0 Å². The van der Waals surface area contributed by atoms with Gasteiger partial charge in [-0.3, -0.25) is 0 Å². The summed E-state index contributed by atoms with van der Waals surface area (Å²) in [6.45, 7) is 0. The van der Waals surface area contributed by atoms with Gasteiger partial charge in [0.25, 0.3) is 0 Å². The van der Waals surface area contributed by atoms with Crippen LogP contribution in [-0.2, 0) is 0 Å². The third-order valence-electron chi connectivity index (χ3n) is 14.4. The van der Waals surface area contributed by atoms with E-state index in [0.29, 0.717) is 17.5 Å². The normalized spacial score (nSPS) is 11.5. The van der Waals surface area contributed by atoms with Crippen LogP contribution in [0, 0.1) is 0 Å².